The molecule has 0 aromatic heterocycles. The average molecular weight is 402 g/mol. The van der Waals surface area contributed by atoms with Crippen molar-refractivity contribution in [1.82, 2.24) is 10.2 Å². The predicted molar refractivity (Wildman–Crippen MR) is 106 cm³/mol. The molecule has 0 radical (unpaired) electrons. The summed E-state index contributed by atoms with van der Waals surface area (Å²) >= 11 is 0.866. The fourth-order valence-corrected chi connectivity index (χ4v) is 5.51. The van der Waals surface area contributed by atoms with Gasteiger partial charge in [-0.1, -0.05) is 18.6 Å². The van der Waals surface area contributed by atoms with Gasteiger partial charge in [-0.3, -0.25) is 19.3 Å². The predicted octanol–water partition coefficient (Wildman–Crippen LogP) is 3.80. The molecule has 4 rings (SSSR count). The topological polar surface area (TPSA) is 66.5 Å². The Balaban J connectivity index is 1.26. The summed E-state index contributed by atoms with van der Waals surface area (Å²) in [4.78, 5) is 38.3. The first-order chi connectivity index (χ1) is 13.5. The summed E-state index contributed by atoms with van der Waals surface area (Å²) in [6.45, 7) is 0.426. The molecule has 28 heavy (non-hydrogen) atoms. The van der Waals surface area contributed by atoms with E-state index in [2.05, 4.69) is 5.32 Å². The quantitative estimate of drug-likeness (QED) is 0.735. The third-order valence-corrected chi connectivity index (χ3v) is 6.94. The van der Waals surface area contributed by atoms with Crippen molar-refractivity contribution in [1.29, 1.82) is 0 Å². The summed E-state index contributed by atoms with van der Waals surface area (Å²) in [6.07, 6.45) is 7.13. The van der Waals surface area contributed by atoms with Gasteiger partial charge in [-0.15, -0.1) is 0 Å². The molecule has 1 heterocycles. The third-order valence-electron chi connectivity index (χ3n) is 6.03. The molecule has 1 aromatic carbocycles. The fourth-order valence-electron chi connectivity index (χ4n) is 4.65. The van der Waals surface area contributed by atoms with Gasteiger partial charge in [0.25, 0.3) is 11.1 Å². The number of thioether (sulfide) groups is 1. The van der Waals surface area contributed by atoms with E-state index in [0.29, 0.717) is 28.7 Å². The monoisotopic (exact) mass is 402 g/mol. The molecule has 148 valence electrons. The highest BCUT2D eigenvalue weighted by Gasteiger charge is 2.40. The molecule has 3 unspecified atom stereocenters. The van der Waals surface area contributed by atoms with Crippen LogP contribution in [-0.4, -0.2) is 35.0 Å². The molecule has 3 fully saturated rings. The number of fused-ring (bicyclic) bond motifs is 2. The van der Waals surface area contributed by atoms with Crippen molar-refractivity contribution in [3.05, 3.63) is 40.6 Å². The molecule has 3 amide bonds. The molecule has 1 N–H and O–H groups in total. The smallest absolute Gasteiger partial charge is 0.293 e. The van der Waals surface area contributed by atoms with Gasteiger partial charge < -0.3 is 5.32 Å². The standard InChI is InChI=1S/C21H23FN2O3S/c22-17-5-2-13(3-6-17)11-18-20(26)24(21(27)28-18)8-7-23-19(25)12-16-10-14-1-4-15(16)9-14/h2-3,5-6,11,14-16H,1,4,7-10,12H2,(H,23,25)/b18-11-. The first-order valence-corrected chi connectivity index (χ1v) is 10.6. The lowest BCUT2D eigenvalue weighted by Crippen LogP contribution is -2.38. The number of imide groups is 1. The van der Waals surface area contributed by atoms with E-state index in [4.69, 9.17) is 0 Å². The maximum Gasteiger partial charge on any atom is 0.293 e. The van der Waals surface area contributed by atoms with Crippen LogP contribution >= 0.6 is 11.8 Å². The highest BCUT2D eigenvalue weighted by Crippen LogP contribution is 2.49. The maximum atomic E-state index is 13.0. The zero-order valence-electron chi connectivity index (χ0n) is 15.5. The van der Waals surface area contributed by atoms with Crippen molar-refractivity contribution >= 4 is 34.9 Å². The van der Waals surface area contributed by atoms with Crippen molar-refractivity contribution in [3.63, 3.8) is 0 Å². The van der Waals surface area contributed by atoms with Gasteiger partial charge in [0.1, 0.15) is 5.82 Å². The summed E-state index contributed by atoms with van der Waals surface area (Å²) in [7, 11) is 0. The minimum absolute atomic E-state index is 0.00590. The van der Waals surface area contributed by atoms with E-state index in [0.717, 1.165) is 29.0 Å². The van der Waals surface area contributed by atoms with E-state index in [9.17, 15) is 18.8 Å². The number of halogens is 1. The molecule has 2 bridgehead atoms. The largest absolute Gasteiger partial charge is 0.354 e. The lowest BCUT2D eigenvalue weighted by Gasteiger charge is -2.21. The Morgan fingerprint density at radius 2 is 2.00 bits per heavy atom. The maximum absolute atomic E-state index is 13.0. The number of rotatable bonds is 6. The van der Waals surface area contributed by atoms with Crippen LogP contribution in [0.3, 0.4) is 0 Å². The van der Waals surface area contributed by atoms with Crippen LogP contribution in [0, 0.1) is 23.6 Å². The summed E-state index contributed by atoms with van der Waals surface area (Å²) in [6, 6.07) is 5.72. The van der Waals surface area contributed by atoms with E-state index in [1.54, 1.807) is 18.2 Å². The summed E-state index contributed by atoms with van der Waals surface area (Å²) < 4.78 is 13.0. The van der Waals surface area contributed by atoms with Crippen molar-refractivity contribution in [2.45, 2.75) is 32.1 Å². The molecule has 5 nitrogen and oxygen atoms in total. The highest BCUT2D eigenvalue weighted by molar-refractivity contribution is 8.18. The minimum atomic E-state index is -0.373. The van der Waals surface area contributed by atoms with E-state index in [1.165, 1.54) is 31.4 Å². The van der Waals surface area contributed by atoms with Gasteiger partial charge in [0.05, 0.1) is 4.91 Å². The number of nitrogens with zero attached hydrogens (tertiary/aromatic N) is 1. The Kier molecular flexibility index (Phi) is 5.53. The normalized spacial score (nSPS) is 27.8. The highest BCUT2D eigenvalue weighted by atomic mass is 32.2. The number of hydrogen-bond donors (Lipinski definition) is 1. The van der Waals surface area contributed by atoms with E-state index >= 15 is 0 Å². The number of carbonyl (C=O) groups is 3. The van der Waals surface area contributed by atoms with Gasteiger partial charge in [0.15, 0.2) is 0 Å². The lowest BCUT2D eigenvalue weighted by atomic mass is 9.86. The lowest BCUT2D eigenvalue weighted by molar-refractivity contribution is -0.124. The zero-order valence-corrected chi connectivity index (χ0v) is 16.3. The van der Waals surface area contributed by atoms with Crippen LogP contribution in [0.15, 0.2) is 29.2 Å². The Morgan fingerprint density at radius 3 is 2.68 bits per heavy atom. The molecule has 1 saturated heterocycles. The van der Waals surface area contributed by atoms with Crippen molar-refractivity contribution in [2.75, 3.05) is 13.1 Å². The first-order valence-electron chi connectivity index (χ1n) is 9.77. The summed E-state index contributed by atoms with van der Waals surface area (Å²) in [5, 5.41) is 2.51. The van der Waals surface area contributed by atoms with Crippen LogP contribution in [0.4, 0.5) is 9.18 Å². The molecule has 2 saturated carbocycles. The van der Waals surface area contributed by atoms with E-state index < -0.39 is 0 Å². The molecule has 3 aliphatic rings. The Hall–Kier alpha value is -2.15. The van der Waals surface area contributed by atoms with Gasteiger partial charge in [0, 0.05) is 19.5 Å². The fraction of sp³-hybridized carbons (Fsp3) is 0.476. The van der Waals surface area contributed by atoms with Crippen LogP contribution in [0.1, 0.15) is 37.7 Å². The summed E-state index contributed by atoms with van der Waals surface area (Å²) in [5.41, 5.74) is 0.658. The van der Waals surface area contributed by atoms with Gasteiger partial charge in [-0.25, -0.2) is 4.39 Å². The second-order valence-corrected chi connectivity index (χ2v) is 8.87. The molecule has 2 aliphatic carbocycles. The van der Waals surface area contributed by atoms with Crippen LogP contribution in [0.5, 0.6) is 0 Å². The molecular formula is C21H23FN2O3S. The number of benzene rings is 1. The number of carbonyl (C=O) groups excluding carboxylic acids is 3. The molecule has 7 heteroatoms. The zero-order chi connectivity index (χ0) is 19.7. The van der Waals surface area contributed by atoms with Crippen LogP contribution < -0.4 is 5.32 Å². The average Bonchev–Trinajstić information content (AvgIpc) is 3.35. The van der Waals surface area contributed by atoms with E-state index in [-0.39, 0.29) is 36.0 Å². The van der Waals surface area contributed by atoms with Crippen molar-refractivity contribution in [2.24, 2.45) is 17.8 Å². The van der Waals surface area contributed by atoms with Crippen molar-refractivity contribution in [3.8, 4) is 0 Å². The number of hydrogen-bond acceptors (Lipinski definition) is 4. The Morgan fingerprint density at radius 1 is 1.21 bits per heavy atom. The van der Waals surface area contributed by atoms with Crippen LogP contribution in [0.25, 0.3) is 6.08 Å². The van der Waals surface area contributed by atoms with E-state index in [1.807, 2.05) is 0 Å². The Bertz CT molecular complexity index is 823. The van der Waals surface area contributed by atoms with Gasteiger partial charge in [-0.05, 0) is 72.6 Å². The number of nitrogens with one attached hydrogen (secondary N) is 1. The molecule has 0 spiro atoms. The minimum Gasteiger partial charge on any atom is -0.354 e. The molecule has 3 atom stereocenters. The second-order valence-electron chi connectivity index (χ2n) is 7.87. The molecule has 1 aromatic rings. The number of amides is 3. The summed E-state index contributed by atoms with van der Waals surface area (Å²) in [5.74, 6) is 1.29. The first kappa shape index (κ1) is 19.2. The second kappa shape index (κ2) is 8.07. The molecule has 1 aliphatic heterocycles. The molecular weight excluding hydrogens is 379 g/mol. The third kappa shape index (κ3) is 4.14. The SMILES string of the molecule is O=C(CC1CC2CCC1C2)NCCN1C(=O)S/C(=C\c2ccc(F)cc2)C1=O. The van der Waals surface area contributed by atoms with Crippen LogP contribution in [-0.2, 0) is 9.59 Å². The van der Waals surface area contributed by atoms with Gasteiger partial charge >= 0.3 is 0 Å². The Labute approximate surface area is 167 Å². The van der Waals surface area contributed by atoms with Crippen LogP contribution in [0.2, 0.25) is 0 Å². The van der Waals surface area contributed by atoms with Crippen molar-refractivity contribution < 1.29 is 18.8 Å². The van der Waals surface area contributed by atoms with Gasteiger partial charge in [0.2, 0.25) is 5.91 Å². The van der Waals surface area contributed by atoms with Gasteiger partial charge in [-0.2, -0.15) is 0 Å².